The number of rotatable bonds is 3. The molecule has 1 aromatic heterocycles. The number of nitrogens with zero attached hydrogens (tertiary/aromatic N) is 2. The molecule has 1 aliphatic carbocycles. The van der Waals surface area contributed by atoms with E-state index in [2.05, 4.69) is 16.3 Å². The molecule has 2 aliphatic heterocycles. The van der Waals surface area contributed by atoms with E-state index < -0.39 is 0 Å². The van der Waals surface area contributed by atoms with Gasteiger partial charge in [0, 0.05) is 35.9 Å². The quantitative estimate of drug-likeness (QED) is 0.768. The highest BCUT2D eigenvalue weighted by atomic mass is 32.1. The predicted molar refractivity (Wildman–Crippen MR) is 99.9 cm³/mol. The highest BCUT2D eigenvalue weighted by Gasteiger charge is 2.36. The van der Waals surface area contributed by atoms with Crippen LogP contribution < -0.4 is 0 Å². The SMILES string of the molecule is O=CN1CCC(c2cc(C(=O)N3CCCC4CCCCC43)cs2)CC1. The summed E-state index contributed by atoms with van der Waals surface area (Å²) in [5.74, 6) is 1.49. The lowest BCUT2D eigenvalue weighted by molar-refractivity contribution is -0.119. The van der Waals surface area contributed by atoms with Crippen LogP contribution in [-0.2, 0) is 4.79 Å². The van der Waals surface area contributed by atoms with Gasteiger partial charge in [-0.05, 0) is 56.4 Å². The topological polar surface area (TPSA) is 40.6 Å². The van der Waals surface area contributed by atoms with Crippen molar-refractivity contribution in [2.75, 3.05) is 19.6 Å². The molecule has 136 valence electrons. The Morgan fingerprint density at radius 1 is 1.04 bits per heavy atom. The lowest BCUT2D eigenvalue weighted by Gasteiger charge is -2.44. The number of carbonyl (C=O) groups is 2. The summed E-state index contributed by atoms with van der Waals surface area (Å²) in [5.41, 5.74) is 0.893. The lowest BCUT2D eigenvalue weighted by Crippen LogP contribution is -2.49. The third-order valence-electron chi connectivity index (χ3n) is 6.45. The molecule has 0 aromatic carbocycles. The van der Waals surface area contributed by atoms with Gasteiger partial charge in [0.1, 0.15) is 0 Å². The first-order chi connectivity index (χ1) is 12.3. The molecule has 2 saturated heterocycles. The second-order valence-corrected chi connectivity index (χ2v) is 8.85. The predicted octanol–water partition coefficient (Wildman–Crippen LogP) is 3.88. The number of thiophene rings is 1. The summed E-state index contributed by atoms with van der Waals surface area (Å²) in [5, 5.41) is 2.07. The van der Waals surface area contributed by atoms with E-state index in [9.17, 15) is 9.59 Å². The molecule has 2 unspecified atom stereocenters. The third kappa shape index (κ3) is 3.48. The molecule has 0 radical (unpaired) electrons. The Hall–Kier alpha value is -1.36. The molecular formula is C20H28N2O2S. The molecule has 0 spiro atoms. The summed E-state index contributed by atoms with van der Waals surface area (Å²) < 4.78 is 0. The summed E-state index contributed by atoms with van der Waals surface area (Å²) in [6.07, 6.45) is 10.6. The summed E-state index contributed by atoms with van der Waals surface area (Å²) in [7, 11) is 0. The van der Waals surface area contributed by atoms with E-state index in [0.29, 0.717) is 12.0 Å². The molecule has 2 atom stereocenters. The molecule has 0 N–H and O–H groups in total. The van der Waals surface area contributed by atoms with Gasteiger partial charge in [0.05, 0.1) is 5.56 Å². The zero-order valence-electron chi connectivity index (χ0n) is 14.9. The van der Waals surface area contributed by atoms with Crippen LogP contribution >= 0.6 is 11.3 Å². The average Bonchev–Trinajstić information content (AvgIpc) is 3.17. The van der Waals surface area contributed by atoms with Crippen LogP contribution in [-0.4, -0.2) is 47.8 Å². The van der Waals surface area contributed by atoms with Gasteiger partial charge in [-0.2, -0.15) is 0 Å². The van der Waals surface area contributed by atoms with Gasteiger partial charge < -0.3 is 9.80 Å². The molecule has 1 aromatic rings. The van der Waals surface area contributed by atoms with Crippen molar-refractivity contribution in [3.63, 3.8) is 0 Å². The second kappa shape index (κ2) is 7.48. The summed E-state index contributed by atoms with van der Waals surface area (Å²) >= 11 is 1.73. The Bertz CT molecular complexity index is 619. The van der Waals surface area contributed by atoms with Crippen molar-refractivity contribution < 1.29 is 9.59 Å². The minimum Gasteiger partial charge on any atom is -0.345 e. The first kappa shape index (κ1) is 17.1. The van der Waals surface area contributed by atoms with Gasteiger partial charge in [-0.25, -0.2) is 0 Å². The van der Waals surface area contributed by atoms with E-state index in [1.807, 2.05) is 4.90 Å². The van der Waals surface area contributed by atoms with Crippen LogP contribution in [0, 0.1) is 5.92 Å². The maximum atomic E-state index is 13.1. The van der Waals surface area contributed by atoms with Crippen LogP contribution in [0.1, 0.15) is 72.5 Å². The number of hydrogen-bond donors (Lipinski definition) is 0. The molecule has 3 aliphatic rings. The van der Waals surface area contributed by atoms with Crippen LogP contribution in [0.3, 0.4) is 0 Å². The molecule has 5 heteroatoms. The minimum absolute atomic E-state index is 0.254. The number of piperidine rings is 2. The average molecular weight is 361 g/mol. The zero-order valence-corrected chi connectivity index (χ0v) is 15.7. The Balaban J connectivity index is 1.44. The van der Waals surface area contributed by atoms with Gasteiger partial charge >= 0.3 is 0 Å². The number of hydrogen-bond acceptors (Lipinski definition) is 3. The van der Waals surface area contributed by atoms with E-state index in [4.69, 9.17) is 0 Å². The fourth-order valence-electron chi connectivity index (χ4n) is 5.01. The van der Waals surface area contributed by atoms with Crippen LogP contribution in [0.5, 0.6) is 0 Å². The number of likely N-dealkylation sites (tertiary alicyclic amines) is 2. The van der Waals surface area contributed by atoms with Gasteiger partial charge in [-0.1, -0.05) is 12.8 Å². The van der Waals surface area contributed by atoms with Crippen LogP contribution in [0.4, 0.5) is 0 Å². The van der Waals surface area contributed by atoms with Crippen LogP contribution in [0.25, 0.3) is 0 Å². The molecular weight excluding hydrogens is 332 g/mol. The van der Waals surface area contributed by atoms with Crippen molar-refractivity contribution in [2.24, 2.45) is 5.92 Å². The van der Waals surface area contributed by atoms with E-state index >= 15 is 0 Å². The van der Waals surface area contributed by atoms with Gasteiger partial charge in [-0.3, -0.25) is 9.59 Å². The molecule has 0 bridgehead atoms. The maximum Gasteiger partial charge on any atom is 0.254 e. The van der Waals surface area contributed by atoms with Gasteiger partial charge in [0.15, 0.2) is 0 Å². The molecule has 3 heterocycles. The fraction of sp³-hybridized carbons (Fsp3) is 0.700. The first-order valence-corrected chi connectivity index (χ1v) is 10.7. The van der Waals surface area contributed by atoms with Gasteiger partial charge in [-0.15, -0.1) is 11.3 Å². The highest BCUT2D eigenvalue weighted by Crippen LogP contribution is 2.37. The molecule has 4 rings (SSSR count). The van der Waals surface area contributed by atoms with Gasteiger partial charge in [0.25, 0.3) is 5.91 Å². The van der Waals surface area contributed by atoms with Crippen molar-refractivity contribution >= 4 is 23.7 Å². The van der Waals surface area contributed by atoms with Crippen molar-refractivity contribution in [3.05, 3.63) is 21.9 Å². The number of carbonyl (C=O) groups excluding carboxylic acids is 2. The van der Waals surface area contributed by atoms with E-state index in [0.717, 1.165) is 56.8 Å². The van der Waals surface area contributed by atoms with Crippen LogP contribution in [0.15, 0.2) is 11.4 Å². The standard InChI is InChI=1S/C20H28N2O2S/c23-14-21-10-7-16(8-11-21)19-12-17(13-25-19)20(24)22-9-3-5-15-4-1-2-6-18(15)22/h12-16,18H,1-11H2. The Labute approximate surface area is 154 Å². The van der Waals surface area contributed by atoms with Crippen molar-refractivity contribution in [3.8, 4) is 0 Å². The van der Waals surface area contributed by atoms with Crippen molar-refractivity contribution in [1.29, 1.82) is 0 Å². The Kier molecular flexibility index (Phi) is 5.11. The zero-order chi connectivity index (χ0) is 17.2. The molecule has 25 heavy (non-hydrogen) atoms. The number of amides is 2. The second-order valence-electron chi connectivity index (χ2n) is 7.91. The van der Waals surface area contributed by atoms with E-state index in [1.165, 1.54) is 37.0 Å². The van der Waals surface area contributed by atoms with Gasteiger partial charge in [0.2, 0.25) is 6.41 Å². The first-order valence-electron chi connectivity index (χ1n) is 9.85. The summed E-state index contributed by atoms with van der Waals surface area (Å²) in [4.78, 5) is 29.4. The maximum absolute atomic E-state index is 13.1. The molecule has 1 saturated carbocycles. The normalized spacial score (nSPS) is 27.8. The lowest BCUT2D eigenvalue weighted by atomic mass is 9.78. The highest BCUT2D eigenvalue weighted by molar-refractivity contribution is 7.10. The van der Waals surface area contributed by atoms with E-state index in [-0.39, 0.29) is 5.91 Å². The summed E-state index contributed by atoms with van der Waals surface area (Å²) in [6, 6.07) is 2.62. The van der Waals surface area contributed by atoms with E-state index in [1.54, 1.807) is 11.3 Å². The van der Waals surface area contributed by atoms with Crippen molar-refractivity contribution in [2.45, 2.75) is 63.3 Å². The molecule has 2 amide bonds. The number of fused-ring (bicyclic) bond motifs is 1. The fourth-order valence-corrected chi connectivity index (χ4v) is 6.07. The van der Waals surface area contributed by atoms with Crippen LogP contribution in [0.2, 0.25) is 0 Å². The Morgan fingerprint density at radius 2 is 1.80 bits per heavy atom. The molecule has 4 nitrogen and oxygen atoms in total. The third-order valence-corrected chi connectivity index (χ3v) is 7.55. The summed E-state index contributed by atoms with van der Waals surface area (Å²) in [6.45, 7) is 2.61. The largest absolute Gasteiger partial charge is 0.345 e. The Morgan fingerprint density at radius 3 is 2.60 bits per heavy atom. The van der Waals surface area contributed by atoms with Crippen molar-refractivity contribution in [1.82, 2.24) is 9.80 Å². The molecule has 3 fully saturated rings. The minimum atomic E-state index is 0.254. The monoisotopic (exact) mass is 360 g/mol. The smallest absolute Gasteiger partial charge is 0.254 e.